The molecular formula is C12H16FN3O2. The normalized spacial score (nSPS) is 12.4. The predicted octanol–water partition coefficient (Wildman–Crippen LogP) is 0.159. The molecular weight excluding hydrogens is 237 g/mol. The van der Waals surface area contributed by atoms with Crippen LogP contribution in [0.2, 0.25) is 0 Å². The van der Waals surface area contributed by atoms with Gasteiger partial charge in [-0.25, -0.2) is 4.39 Å². The third-order valence-electron chi connectivity index (χ3n) is 2.60. The molecule has 0 saturated carbocycles. The van der Waals surface area contributed by atoms with Gasteiger partial charge < -0.3 is 11.5 Å². The number of primary amides is 2. The van der Waals surface area contributed by atoms with E-state index < -0.39 is 11.8 Å². The minimum atomic E-state index is -0.570. The molecule has 1 rings (SSSR count). The predicted molar refractivity (Wildman–Crippen MR) is 64.8 cm³/mol. The minimum absolute atomic E-state index is 0.110. The summed E-state index contributed by atoms with van der Waals surface area (Å²) in [6, 6.07) is 5.61. The summed E-state index contributed by atoms with van der Waals surface area (Å²) < 4.78 is 13.1. The lowest BCUT2D eigenvalue weighted by atomic mass is 10.1. The fourth-order valence-electron chi connectivity index (χ4n) is 1.71. The summed E-state index contributed by atoms with van der Waals surface area (Å²) in [5.41, 5.74) is 10.9. The molecule has 0 fully saturated rings. The highest BCUT2D eigenvalue weighted by Gasteiger charge is 2.19. The molecule has 5 nitrogen and oxygen atoms in total. The van der Waals surface area contributed by atoms with Gasteiger partial charge in [0.1, 0.15) is 5.82 Å². The van der Waals surface area contributed by atoms with Crippen molar-refractivity contribution in [1.29, 1.82) is 0 Å². The highest BCUT2D eigenvalue weighted by Crippen LogP contribution is 2.20. The van der Waals surface area contributed by atoms with Crippen molar-refractivity contribution in [2.45, 2.75) is 13.0 Å². The molecule has 0 saturated heterocycles. The van der Waals surface area contributed by atoms with E-state index >= 15 is 0 Å². The number of rotatable bonds is 6. The lowest BCUT2D eigenvalue weighted by Gasteiger charge is -2.26. The summed E-state index contributed by atoms with van der Waals surface area (Å²) in [7, 11) is 0. The van der Waals surface area contributed by atoms with E-state index in [1.54, 1.807) is 19.1 Å². The molecule has 0 heterocycles. The Labute approximate surface area is 105 Å². The number of amides is 2. The summed E-state index contributed by atoms with van der Waals surface area (Å²) in [6.45, 7) is 1.53. The van der Waals surface area contributed by atoms with E-state index in [2.05, 4.69) is 0 Å². The number of carbonyl (C=O) groups excluding carboxylic acids is 2. The fraction of sp³-hybridized carbons (Fsp3) is 0.333. The lowest BCUT2D eigenvalue weighted by Crippen LogP contribution is -2.41. The van der Waals surface area contributed by atoms with Crippen LogP contribution in [0.15, 0.2) is 24.3 Å². The summed E-state index contributed by atoms with van der Waals surface area (Å²) >= 11 is 0. The van der Waals surface area contributed by atoms with Gasteiger partial charge in [-0.2, -0.15) is 0 Å². The molecule has 0 aliphatic rings. The van der Waals surface area contributed by atoms with Gasteiger partial charge in [0.05, 0.1) is 13.1 Å². The van der Waals surface area contributed by atoms with Crippen molar-refractivity contribution in [2.24, 2.45) is 11.5 Å². The van der Waals surface area contributed by atoms with Crippen LogP contribution in [-0.4, -0.2) is 29.8 Å². The zero-order chi connectivity index (χ0) is 13.7. The summed E-state index contributed by atoms with van der Waals surface area (Å²) in [4.78, 5) is 23.4. The fourth-order valence-corrected chi connectivity index (χ4v) is 1.71. The molecule has 0 radical (unpaired) electrons. The van der Waals surface area contributed by atoms with Crippen LogP contribution in [0.1, 0.15) is 18.5 Å². The number of halogens is 1. The maximum atomic E-state index is 13.1. The largest absolute Gasteiger partial charge is 0.369 e. The van der Waals surface area contributed by atoms with Crippen LogP contribution < -0.4 is 11.5 Å². The lowest BCUT2D eigenvalue weighted by molar-refractivity contribution is -0.122. The van der Waals surface area contributed by atoms with Crippen LogP contribution in [0.5, 0.6) is 0 Å². The first kappa shape index (κ1) is 14.1. The van der Waals surface area contributed by atoms with E-state index in [-0.39, 0.29) is 24.9 Å². The van der Waals surface area contributed by atoms with Gasteiger partial charge in [0.2, 0.25) is 11.8 Å². The highest BCUT2D eigenvalue weighted by atomic mass is 19.1. The van der Waals surface area contributed by atoms with Gasteiger partial charge >= 0.3 is 0 Å². The Balaban J connectivity index is 2.90. The Morgan fingerprint density at radius 3 is 2.28 bits per heavy atom. The second-order valence-electron chi connectivity index (χ2n) is 4.07. The van der Waals surface area contributed by atoms with Gasteiger partial charge in [0, 0.05) is 6.04 Å². The number of hydrogen-bond acceptors (Lipinski definition) is 3. The van der Waals surface area contributed by atoms with Crippen LogP contribution in [0.25, 0.3) is 0 Å². The number of nitrogens with two attached hydrogens (primary N) is 2. The van der Waals surface area contributed by atoms with Crippen molar-refractivity contribution in [3.63, 3.8) is 0 Å². The van der Waals surface area contributed by atoms with Gasteiger partial charge in [-0.15, -0.1) is 0 Å². The summed E-state index contributed by atoms with van der Waals surface area (Å²) in [6.07, 6.45) is 0. The monoisotopic (exact) mass is 253 g/mol. The smallest absolute Gasteiger partial charge is 0.231 e. The van der Waals surface area contributed by atoms with E-state index in [4.69, 9.17) is 11.5 Å². The van der Waals surface area contributed by atoms with Gasteiger partial charge in [-0.05, 0) is 24.6 Å². The maximum Gasteiger partial charge on any atom is 0.231 e. The van der Waals surface area contributed by atoms with Gasteiger partial charge in [-0.3, -0.25) is 14.5 Å². The molecule has 1 aromatic rings. The molecule has 0 aliphatic carbocycles. The van der Waals surface area contributed by atoms with Crippen LogP contribution in [0, 0.1) is 5.82 Å². The zero-order valence-electron chi connectivity index (χ0n) is 10.1. The molecule has 0 spiro atoms. The maximum absolute atomic E-state index is 13.1. The second kappa shape index (κ2) is 6.11. The number of benzene rings is 1. The molecule has 0 bridgehead atoms. The van der Waals surface area contributed by atoms with Crippen molar-refractivity contribution in [3.05, 3.63) is 35.6 Å². The van der Waals surface area contributed by atoms with Crippen molar-refractivity contribution in [2.75, 3.05) is 13.1 Å². The topological polar surface area (TPSA) is 89.4 Å². The molecule has 98 valence electrons. The molecule has 18 heavy (non-hydrogen) atoms. The standard InChI is InChI=1S/C12H16FN3O2/c1-8(9-3-2-4-10(13)5-9)16(6-11(14)17)7-12(15)18/h2-5,8H,6-7H2,1H3,(H2,14,17)(H2,15,18)/t8-/m0/s1. The Hall–Kier alpha value is -1.95. The Kier molecular flexibility index (Phi) is 4.79. The number of nitrogens with zero attached hydrogens (tertiary/aromatic N) is 1. The van der Waals surface area contributed by atoms with Gasteiger partial charge in [0.25, 0.3) is 0 Å². The van der Waals surface area contributed by atoms with E-state index in [0.29, 0.717) is 5.56 Å². The van der Waals surface area contributed by atoms with E-state index in [9.17, 15) is 14.0 Å². The molecule has 0 unspecified atom stereocenters. The van der Waals surface area contributed by atoms with Crippen molar-refractivity contribution in [3.8, 4) is 0 Å². The first-order chi connectivity index (χ1) is 8.40. The molecule has 1 aromatic carbocycles. The van der Waals surface area contributed by atoms with E-state index in [1.165, 1.54) is 17.0 Å². The third kappa shape index (κ3) is 4.14. The third-order valence-corrected chi connectivity index (χ3v) is 2.60. The Morgan fingerprint density at radius 1 is 1.28 bits per heavy atom. The molecule has 1 atom stereocenters. The van der Waals surface area contributed by atoms with E-state index in [1.807, 2.05) is 0 Å². The molecule has 6 heteroatoms. The molecule has 2 amide bonds. The molecule has 0 aromatic heterocycles. The Morgan fingerprint density at radius 2 is 1.83 bits per heavy atom. The van der Waals surface area contributed by atoms with Crippen molar-refractivity contribution >= 4 is 11.8 Å². The van der Waals surface area contributed by atoms with E-state index in [0.717, 1.165) is 0 Å². The average molecular weight is 253 g/mol. The Bertz CT molecular complexity index is 435. The minimum Gasteiger partial charge on any atom is -0.369 e. The van der Waals surface area contributed by atoms with Crippen LogP contribution in [0.4, 0.5) is 4.39 Å². The first-order valence-electron chi connectivity index (χ1n) is 5.46. The van der Waals surface area contributed by atoms with Crippen LogP contribution >= 0.6 is 0 Å². The quantitative estimate of drug-likeness (QED) is 0.756. The summed E-state index contributed by atoms with van der Waals surface area (Å²) in [5, 5.41) is 0. The van der Waals surface area contributed by atoms with Gasteiger partial charge in [-0.1, -0.05) is 12.1 Å². The van der Waals surface area contributed by atoms with Gasteiger partial charge in [0.15, 0.2) is 0 Å². The highest BCUT2D eigenvalue weighted by molar-refractivity contribution is 5.79. The SMILES string of the molecule is C[C@@H](c1cccc(F)c1)N(CC(N)=O)CC(N)=O. The number of carbonyl (C=O) groups is 2. The average Bonchev–Trinajstić information content (AvgIpc) is 2.26. The first-order valence-corrected chi connectivity index (χ1v) is 5.46. The summed E-state index contributed by atoms with van der Waals surface area (Å²) in [5.74, 6) is -1.52. The van der Waals surface area contributed by atoms with Crippen LogP contribution in [0.3, 0.4) is 0 Å². The molecule has 0 aliphatic heterocycles. The van der Waals surface area contributed by atoms with Crippen LogP contribution in [-0.2, 0) is 9.59 Å². The van der Waals surface area contributed by atoms with Crippen molar-refractivity contribution in [1.82, 2.24) is 4.90 Å². The second-order valence-corrected chi connectivity index (χ2v) is 4.07. The zero-order valence-corrected chi connectivity index (χ0v) is 10.1. The number of hydrogen-bond donors (Lipinski definition) is 2. The molecule has 4 N–H and O–H groups in total. The van der Waals surface area contributed by atoms with Crippen molar-refractivity contribution < 1.29 is 14.0 Å².